The van der Waals surface area contributed by atoms with E-state index in [0.29, 0.717) is 24.4 Å². The molecule has 12 heteroatoms. The van der Waals surface area contributed by atoms with Crippen LogP contribution in [-0.4, -0.2) is 84.2 Å². The molecular formula is C30H34F2N8OS. The molecular weight excluding hydrogens is 558 g/mol. The fraction of sp³-hybridized carbons (Fsp3) is 0.467. The van der Waals surface area contributed by atoms with Gasteiger partial charge in [-0.05, 0) is 71.9 Å². The average Bonchev–Trinajstić information content (AvgIpc) is 3.51. The number of pyridine rings is 1. The van der Waals surface area contributed by atoms with Crippen LogP contribution in [0.1, 0.15) is 37.7 Å². The summed E-state index contributed by atoms with van der Waals surface area (Å²) in [7, 11) is 8.18. The van der Waals surface area contributed by atoms with Crippen LogP contribution < -0.4 is 15.4 Å². The first-order chi connectivity index (χ1) is 20.1. The molecule has 0 amide bonds. The number of anilines is 2. The third-order valence-electron chi connectivity index (χ3n) is 9.03. The highest BCUT2D eigenvalue weighted by atomic mass is 32.1. The van der Waals surface area contributed by atoms with E-state index in [4.69, 9.17) is 15.5 Å². The number of thiophene rings is 1. The number of likely N-dealkylation sites (N-methyl/N-ethyl adjacent to an activating group) is 3. The summed E-state index contributed by atoms with van der Waals surface area (Å²) >= 11 is 0.961. The van der Waals surface area contributed by atoms with Gasteiger partial charge in [-0.15, -0.1) is 11.3 Å². The number of hydrogen-bond donors (Lipinski definition) is 1. The fourth-order valence-corrected chi connectivity index (χ4v) is 7.22. The van der Waals surface area contributed by atoms with E-state index in [9.17, 15) is 9.65 Å². The van der Waals surface area contributed by atoms with E-state index in [1.54, 1.807) is 6.20 Å². The number of benzene rings is 1. The van der Waals surface area contributed by atoms with Crippen LogP contribution in [0.5, 0.6) is 6.01 Å². The molecule has 1 aliphatic heterocycles. The predicted molar refractivity (Wildman–Crippen MR) is 162 cm³/mol. The highest BCUT2D eigenvalue weighted by molar-refractivity contribution is 7.23. The molecule has 2 fully saturated rings. The second-order valence-corrected chi connectivity index (χ2v) is 12.7. The first-order valence-corrected chi connectivity index (χ1v) is 14.9. The van der Waals surface area contributed by atoms with Gasteiger partial charge in [0.1, 0.15) is 40.5 Å². The van der Waals surface area contributed by atoms with Crippen LogP contribution in [0.3, 0.4) is 0 Å². The van der Waals surface area contributed by atoms with Gasteiger partial charge in [0.2, 0.25) is 0 Å². The average molecular weight is 593 g/mol. The molecule has 220 valence electrons. The molecule has 1 atom stereocenters. The molecule has 0 radical (unpaired) electrons. The number of likely N-dealkylation sites (tertiary alicyclic amines) is 1. The van der Waals surface area contributed by atoms with Gasteiger partial charge in [0.25, 0.3) is 0 Å². The molecule has 0 unspecified atom stereocenters. The third-order valence-corrected chi connectivity index (χ3v) is 10.1. The van der Waals surface area contributed by atoms with Crippen LogP contribution in [-0.2, 0) is 0 Å². The van der Waals surface area contributed by atoms with Crippen LogP contribution in [0.15, 0.2) is 18.3 Å². The highest BCUT2D eigenvalue weighted by Gasteiger charge is 2.40. The third kappa shape index (κ3) is 4.69. The van der Waals surface area contributed by atoms with E-state index >= 15 is 4.39 Å². The Morgan fingerprint density at radius 3 is 2.64 bits per heavy atom. The molecule has 1 saturated heterocycles. The number of nitriles is 1. The number of aromatic nitrogens is 3. The second kappa shape index (κ2) is 10.9. The topological polar surface area (TPSA) is 107 Å². The SMILES string of the molecule is CN(CC1(N(C)C)CCC1)c1nc(OC[C@@H]2CCCN2C)nc2c(F)c(-c3ccc(F)c4sc(N)c(C#N)c34)ncc12. The molecule has 1 aliphatic carbocycles. The Bertz CT molecular complexity index is 1710. The number of rotatable bonds is 8. The van der Waals surface area contributed by atoms with Gasteiger partial charge in [-0.25, -0.2) is 8.78 Å². The minimum Gasteiger partial charge on any atom is -0.462 e. The van der Waals surface area contributed by atoms with Crippen molar-refractivity contribution in [3.05, 3.63) is 35.5 Å². The number of ether oxygens (including phenoxy) is 1. The number of nitrogens with two attached hydrogens (primary N) is 1. The smallest absolute Gasteiger partial charge is 0.319 e. The summed E-state index contributed by atoms with van der Waals surface area (Å²) in [6, 6.07) is 5.04. The maximum atomic E-state index is 16.5. The molecule has 4 heterocycles. The molecule has 2 aliphatic rings. The van der Waals surface area contributed by atoms with Crippen LogP contribution in [0.4, 0.5) is 19.6 Å². The minimum atomic E-state index is -0.695. The maximum Gasteiger partial charge on any atom is 0.319 e. The molecule has 3 aromatic heterocycles. The van der Waals surface area contributed by atoms with Crippen molar-refractivity contribution in [1.29, 1.82) is 5.26 Å². The Morgan fingerprint density at radius 1 is 1.21 bits per heavy atom. The Hall–Kier alpha value is -3.66. The summed E-state index contributed by atoms with van der Waals surface area (Å²) in [6.45, 7) is 2.09. The predicted octanol–water partition coefficient (Wildman–Crippen LogP) is 5.03. The summed E-state index contributed by atoms with van der Waals surface area (Å²) in [5, 5.41) is 10.6. The summed E-state index contributed by atoms with van der Waals surface area (Å²) < 4.78 is 37.5. The quantitative estimate of drug-likeness (QED) is 0.301. The lowest BCUT2D eigenvalue weighted by Gasteiger charge is -2.49. The van der Waals surface area contributed by atoms with Crippen LogP contribution >= 0.6 is 11.3 Å². The Labute approximate surface area is 247 Å². The van der Waals surface area contributed by atoms with Crippen LogP contribution in [0.2, 0.25) is 0 Å². The Kier molecular flexibility index (Phi) is 7.37. The number of halogens is 2. The van der Waals surface area contributed by atoms with Gasteiger partial charge in [-0.3, -0.25) is 4.98 Å². The zero-order chi connectivity index (χ0) is 29.8. The van der Waals surface area contributed by atoms with Crippen LogP contribution in [0.25, 0.3) is 32.2 Å². The van der Waals surface area contributed by atoms with Gasteiger partial charge in [0, 0.05) is 42.3 Å². The number of nitrogen functional groups attached to an aromatic ring is 1. The van der Waals surface area contributed by atoms with Gasteiger partial charge >= 0.3 is 6.01 Å². The van der Waals surface area contributed by atoms with Crippen molar-refractivity contribution in [2.45, 2.75) is 43.7 Å². The first kappa shape index (κ1) is 28.5. The number of nitrogens with zero attached hydrogens (tertiary/aromatic N) is 7. The van der Waals surface area contributed by atoms with Crippen molar-refractivity contribution in [2.75, 3.05) is 58.5 Å². The monoisotopic (exact) mass is 592 g/mol. The van der Waals surface area contributed by atoms with Crippen LogP contribution in [0, 0.1) is 23.0 Å². The second-order valence-electron chi connectivity index (χ2n) is 11.7. The van der Waals surface area contributed by atoms with E-state index in [0.717, 1.165) is 50.0 Å². The zero-order valence-electron chi connectivity index (χ0n) is 24.2. The van der Waals surface area contributed by atoms with Crippen molar-refractivity contribution >= 4 is 43.1 Å². The van der Waals surface area contributed by atoms with Crippen molar-refractivity contribution in [1.82, 2.24) is 24.8 Å². The number of fused-ring (bicyclic) bond motifs is 2. The molecule has 1 saturated carbocycles. The molecule has 1 aromatic carbocycles. The lowest BCUT2D eigenvalue weighted by atomic mass is 9.75. The van der Waals surface area contributed by atoms with E-state index in [1.165, 1.54) is 12.1 Å². The molecule has 6 rings (SSSR count). The summed E-state index contributed by atoms with van der Waals surface area (Å²) in [6.07, 6.45) is 6.94. The van der Waals surface area contributed by atoms with Gasteiger partial charge in [-0.1, -0.05) is 0 Å². The summed E-state index contributed by atoms with van der Waals surface area (Å²) in [5.41, 5.74) is 6.42. The minimum absolute atomic E-state index is 0.00217. The lowest BCUT2D eigenvalue weighted by Crippen LogP contribution is -2.56. The maximum absolute atomic E-state index is 16.5. The molecule has 0 bridgehead atoms. The van der Waals surface area contributed by atoms with Crippen molar-refractivity contribution in [3.8, 4) is 23.3 Å². The molecule has 2 N–H and O–H groups in total. The molecule has 9 nitrogen and oxygen atoms in total. The standard InChI is InChI=1S/C30H34F2N8OS/c1-38(2)30(10-6-11-30)16-40(4)28-20-14-35-24(18-8-9-21(31)26-22(18)19(13-33)27(34)42-26)23(32)25(20)36-29(37-28)41-15-17-7-5-12-39(17)3/h8-9,14,17H,5-7,10-12,15-16,34H2,1-4H3/t17-/m0/s1. The van der Waals surface area contributed by atoms with E-state index in [-0.39, 0.29) is 55.0 Å². The normalized spacial score (nSPS) is 18.5. The summed E-state index contributed by atoms with van der Waals surface area (Å²) in [5.74, 6) is -0.694. The van der Waals surface area contributed by atoms with E-state index < -0.39 is 11.6 Å². The highest BCUT2D eigenvalue weighted by Crippen LogP contribution is 2.43. The molecule has 4 aromatic rings. The largest absolute Gasteiger partial charge is 0.462 e. The van der Waals surface area contributed by atoms with Gasteiger partial charge in [-0.2, -0.15) is 15.2 Å². The van der Waals surface area contributed by atoms with E-state index in [2.05, 4.69) is 40.9 Å². The lowest BCUT2D eigenvalue weighted by molar-refractivity contribution is 0.0682. The van der Waals surface area contributed by atoms with Gasteiger partial charge in [0.05, 0.1) is 15.6 Å². The Morgan fingerprint density at radius 2 is 2.00 bits per heavy atom. The van der Waals surface area contributed by atoms with Crippen molar-refractivity contribution < 1.29 is 13.5 Å². The molecule has 0 spiro atoms. The summed E-state index contributed by atoms with van der Waals surface area (Å²) in [4.78, 5) is 20.3. The fourth-order valence-electron chi connectivity index (χ4n) is 6.27. The van der Waals surface area contributed by atoms with Crippen molar-refractivity contribution in [2.24, 2.45) is 0 Å². The van der Waals surface area contributed by atoms with Gasteiger partial charge in [0.15, 0.2) is 5.82 Å². The number of hydrogen-bond acceptors (Lipinski definition) is 10. The zero-order valence-corrected chi connectivity index (χ0v) is 25.1. The van der Waals surface area contributed by atoms with E-state index in [1.807, 2.05) is 18.0 Å². The Balaban J connectivity index is 1.49. The molecule has 42 heavy (non-hydrogen) atoms. The van der Waals surface area contributed by atoms with Gasteiger partial charge < -0.3 is 25.2 Å². The first-order valence-electron chi connectivity index (χ1n) is 14.1. The van der Waals surface area contributed by atoms with Crippen molar-refractivity contribution in [3.63, 3.8) is 0 Å².